The van der Waals surface area contributed by atoms with Gasteiger partial charge in [-0.1, -0.05) is 32.4 Å². The van der Waals surface area contributed by atoms with Crippen LogP contribution in [0.4, 0.5) is 5.69 Å². The number of methoxy groups -OCH3 is 1. The summed E-state index contributed by atoms with van der Waals surface area (Å²) in [5.74, 6) is -1.41. The third-order valence-corrected chi connectivity index (χ3v) is 8.42. The summed E-state index contributed by atoms with van der Waals surface area (Å²) < 4.78 is 33.4. The van der Waals surface area contributed by atoms with Crippen molar-refractivity contribution in [2.24, 2.45) is 5.92 Å². The molecule has 1 atom stereocenters. The second-order valence-corrected chi connectivity index (χ2v) is 11.4. The van der Waals surface area contributed by atoms with Crippen LogP contribution in [0.15, 0.2) is 47.4 Å². The number of rotatable bonds is 8. The molecule has 2 aromatic carbocycles. The molecule has 2 aliphatic heterocycles. The molecule has 3 amide bonds. The molecule has 2 aliphatic rings. The zero-order chi connectivity index (χ0) is 26.0. The molecule has 0 unspecified atom stereocenters. The van der Waals surface area contributed by atoms with Gasteiger partial charge in [-0.25, -0.2) is 8.42 Å². The standard InChI is InChI=1S/C26H31N3O6S/c1-17(2)15-21(29-25(31)19-9-5-6-10-20(19)26(29)32)24(30)27-18-11-12-22(35-3)23(16-18)36(33,34)28-13-7-4-8-14-28/h5-6,9-12,16-17,21H,4,7-8,13-15H2,1-3H3,(H,27,30)/t21-/m0/s1. The number of hydrogen-bond acceptors (Lipinski definition) is 6. The Kier molecular flexibility index (Phi) is 7.46. The number of nitrogens with one attached hydrogen (secondary N) is 1. The maximum atomic E-state index is 13.4. The molecule has 4 rings (SSSR count). The molecule has 0 saturated carbocycles. The Labute approximate surface area is 211 Å². The van der Waals surface area contributed by atoms with Crippen molar-refractivity contribution >= 4 is 33.4 Å². The SMILES string of the molecule is COc1ccc(NC(=O)[C@H](CC(C)C)N2C(=O)c3ccccc3C2=O)cc1S(=O)(=O)N1CCCCC1. The van der Waals surface area contributed by atoms with E-state index in [0.29, 0.717) is 13.1 Å². The topological polar surface area (TPSA) is 113 Å². The number of nitrogens with zero attached hydrogens (tertiary/aromatic N) is 2. The number of carbonyl (C=O) groups excluding carboxylic acids is 3. The quantitative estimate of drug-likeness (QED) is 0.541. The van der Waals surface area contributed by atoms with Gasteiger partial charge in [0.2, 0.25) is 15.9 Å². The lowest BCUT2D eigenvalue weighted by Crippen LogP contribution is -2.48. The number of fused-ring (bicyclic) bond motifs is 1. The van der Waals surface area contributed by atoms with Crippen molar-refractivity contribution < 1.29 is 27.5 Å². The van der Waals surface area contributed by atoms with Crippen molar-refractivity contribution in [2.75, 3.05) is 25.5 Å². The molecule has 0 radical (unpaired) electrons. The molecule has 1 fully saturated rings. The Bertz CT molecular complexity index is 1250. The van der Waals surface area contributed by atoms with Crippen LogP contribution in [-0.2, 0) is 14.8 Å². The molecule has 2 heterocycles. The van der Waals surface area contributed by atoms with Gasteiger partial charge >= 0.3 is 0 Å². The summed E-state index contributed by atoms with van der Waals surface area (Å²) in [5, 5.41) is 2.74. The lowest BCUT2D eigenvalue weighted by atomic mass is 10.0. The number of piperidine rings is 1. The molecule has 0 aliphatic carbocycles. The van der Waals surface area contributed by atoms with Gasteiger partial charge in [-0.05, 0) is 55.5 Å². The number of hydrogen-bond donors (Lipinski definition) is 1. The van der Waals surface area contributed by atoms with Crippen LogP contribution in [-0.4, -0.2) is 61.6 Å². The molecule has 9 nitrogen and oxygen atoms in total. The van der Waals surface area contributed by atoms with Crippen molar-refractivity contribution in [1.82, 2.24) is 9.21 Å². The highest BCUT2D eigenvalue weighted by atomic mass is 32.2. The predicted molar refractivity (Wildman–Crippen MR) is 134 cm³/mol. The highest BCUT2D eigenvalue weighted by Gasteiger charge is 2.43. The van der Waals surface area contributed by atoms with Crippen LogP contribution < -0.4 is 10.1 Å². The molecule has 10 heteroatoms. The third kappa shape index (κ3) is 4.87. The van der Waals surface area contributed by atoms with Gasteiger partial charge in [0, 0.05) is 18.8 Å². The van der Waals surface area contributed by atoms with Gasteiger partial charge in [0.05, 0.1) is 18.2 Å². The van der Waals surface area contributed by atoms with E-state index >= 15 is 0 Å². The molecule has 36 heavy (non-hydrogen) atoms. The highest BCUT2D eigenvalue weighted by molar-refractivity contribution is 7.89. The molecular weight excluding hydrogens is 482 g/mol. The fourth-order valence-electron chi connectivity index (χ4n) is 4.69. The van der Waals surface area contributed by atoms with E-state index in [0.717, 1.165) is 24.2 Å². The summed E-state index contributed by atoms with van der Waals surface area (Å²) in [4.78, 5) is 40.5. The highest BCUT2D eigenvalue weighted by Crippen LogP contribution is 2.32. The summed E-state index contributed by atoms with van der Waals surface area (Å²) in [7, 11) is -2.44. The van der Waals surface area contributed by atoms with E-state index in [1.165, 1.54) is 23.5 Å². The molecule has 0 bridgehead atoms. The normalized spacial score (nSPS) is 17.3. The van der Waals surface area contributed by atoms with Crippen molar-refractivity contribution in [1.29, 1.82) is 0 Å². The second kappa shape index (κ2) is 10.4. The van der Waals surface area contributed by atoms with Crippen molar-refractivity contribution in [2.45, 2.75) is 50.5 Å². The second-order valence-electron chi connectivity index (χ2n) is 9.49. The van der Waals surface area contributed by atoms with Gasteiger partial charge in [-0.15, -0.1) is 0 Å². The van der Waals surface area contributed by atoms with Gasteiger partial charge in [-0.3, -0.25) is 19.3 Å². The van der Waals surface area contributed by atoms with E-state index in [2.05, 4.69) is 5.32 Å². The van der Waals surface area contributed by atoms with Crippen molar-refractivity contribution in [3.05, 3.63) is 53.6 Å². The minimum atomic E-state index is -3.83. The Hall–Kier alpha value is -3.24. The molecule has 0 spiro atoms. The molecular formula is C26H31N3O6S. The van der Waals surface area contributed by atoms with Crippen LogP contribution in [0, 0.1) is 5.92 Å². The number of imide groups is 1. The van der Waals surface area contributed by atoms with E-state index in [1.807, 2.05) is 13.8 Å². The molecule has 192 valence electrons. The summed E-state index contributed by atoms with van der Waals surface area (Å²) in [5.41, 5.74) is 0.772. The number of ether oxygens (including phenoxy) is 1. The monoisotopic (exact) mass is 513 g/mol. The average Bonchev–Trinajstić information content (AvgIpc) is 3.12. The Morgan fingerprint density at radius 3 is 2.17 bits per heavy atom. The zero-order valence-electron chi connectivity index (χ0n) is 20.7. The molecule has 0 aromatic heterocycles. The molecule has 1 N–H and O–H groups in total. The van der Waals surface area contributed by atoms with Crippen molar-refractivity contribution in [3.8, 4) is 5.75 Å². The average molecular weight is 514 g/mol. The Balaban J connectivity index is 1.63. The van der Waals surface area contributed by atoms with Crippen LogP contribution in [0.25, 0.3) is 0 Å². The molecule has 2 aromatic rings. The van der Waals surface area contributed by atoms with Crippen LogP contribution in [0.5, 0.6) is 5.75 Å². The first-order valence-corrected chi connectivity index (χ1v) is 13.5. The van der Waals surface area contributed by atoms with E-state index in [9.17, 15) is 22.8 Å². The Morgan fingerprint density at radius 1 is 1.00 bits per heavy atom. The summed E-state index contributed by atoms with van der Waals surface area (Å²) in [6.07, 6.45) is 2.81. The zero-order valence-corrected chi connectivity index (χ0v) is 21.5. The third-order valence-electron chi connectivity index (χ3n) is 6.50. The number of anilines is 1. The van der Waals surface area contributed by atoms with E-state index in [1.54, 1.807) is 30.3 Å². The summed E-state index contributed by atoms with van der Waals surface area (Å²) >= 11 is 0. The minimum absolute atomic E-state index is 0.0102. The summed E-state index contributed by atoms with van der Waals surface area (Å²) in [6.45, 7) is 4.65. The van der Waals surface area contributed by atoms with Gasteiger partial charge in [0.25, 0.3) is 11.8 Å². The fraction of sp³-hybridized carbons (Fsp3) is 0.423. The largest absolute Gasteiger partial charge is 0.495 e. The first kappa shape index (κ1) is 25.8. The van der Waals surface area contributed by atoms with E-state index in [-0.39, 0.29) is 39.8 Å². The van der Waals surface area contributed by atoms with Crippen LogP contribution in [0.2, 0.25) is 0 Å². The number of sulfonamides is 1. The summed E-state index contributed by atoms with van der Waals surface area (Å²) in [6, 6.07) is 9.84. The maximum absolute atomic E-state index is 13.4. The fourth-order valence-corrected chi connectivity index (χ4v) is 6.39. The van der Waals surface area contributed by atoms with Crippen LogP contribution in [0.1, 0.15) is 60.2 Å². The lowest BCUT2D eigenvalue weighted by Gasteiger charge is -2.28. The number of benzene rings is 2. The van der Waals surface area contributed by atoms with Crippen LogP contribution >= 0.6 is 0 Å². The van der Waals surface area contributed by atoms with Gasteiger partial charge < -0.3 is 10.1 Å². The smallest absolute Gasteiger partial charge is 0.262 e. The maximum Gasteiger partial charge on any atom is 0.262 e. The van der Waals surface area contributed by atoms with Gasteiger partial charge in [0.15, 0.2) is 0 Å². The van der Waals surface area contributed by atoms with Crippen LogP contribution in [0.3, 0.4) is 0 Å². The van der Waals surface area contributed by atoms with Gasteiger partial charge in [-0.2, -0.15) is 4.31 Å². The number of amides is 3. The lowest BCUT2D eigenvalue weighted by molar-refractivity contribution is -0.120. The van der Waals surface area contributed by atoms with E-state index in [4.69, 9.17) is 4.74 Å². The first-order chi connectivity index (χ1) is 17.1. The minimum Gasteiger partial charge on any atom is -0.495 e. The van der Waals surface area contributed by atoms with E-state index < -0.39 is 33.8 Å². The first-order valence-electron chi connectivity index (χ1n) is 12.1. The van der Waals surface area contributed by atoms with Crippen molar-refractivity contribution in [3.63, 3.8) is 0 Å². The Morgan fingerprint density at radius 2 is 1.61 bits per heavy atom. The number of carbonyl (C=O) groups is 3. The van der Waals surface area contributed by atoms with Gasteiger partial charge in [0.1, 0.15) is 16.7 Å². The molecule has 1 saturated heterocycles. The predicted octanol–water partition coefficient (Wildman–Crippen LogP) is 3.52.